The molecular weight excluding hydrogens is 197 g/mol. The molecule has 0 aromatic heterocycles. The number of benzene rings is 1. The van der Waals surface area contributed by atoms with Crippen LogP contribution >= 0.6 is 0 Å². The van der Waals surface area contributed by atoms with Gasteiger partial charge in [0, 0.05) is 6.42 Å². The molecule has 1 aromatic rings. The number of hydrogen-bond donors (Lipinski definition) is 1. The fraction of sp³-hybridized carbons (Fsp3) is 0.364. The lowest BCUT2D eigenvalue weighted by molar-refractivity contribution is -0.147. The summed E-state index contributed by atoms with van der Waals surface area (Å²) < 4.78 is 17.1. The van der Waals surface area contributed by atoms with Crippen molar-refractivity contribution in [1.82, 2.24) is 5.54 Å². The van der Waals surface area contributed by atoms with Crippen LogP contribution in [0.1, 0.15) is 12.5 Å². The number of carbonyl (C=O) groups excluding carboxylic acids is 1. The second kappa shape index (κ2) is 6.14. The maximum Gasteiger partial charge on any atom is 0.326 e. The molecule has 1 unspecified atom stereocenters. The van der Waals surface area contributed by atoms with Crippen LogP contribution in [0, 0.1) is 0 Å². The van der Waals surface area contributed by atoms with Crippen molar-refractivity contribution in [3.05, 3.63) is 35.9 Å². The van der Waals surface area contributed by atoms with Gasteiger partial charge in [-0.3, -0.25) is 4.79 Å². The molecule has 0 bridgehead atoms. The lowest BCUT2D eigenvalue weighted by atomic mass is 10.1. The molecule has 0 saturated heterocycles. The Morgan fingerprint density at radius 3 is 2.67 bits per heavy atom. The van der Waals surface area contributed by atoms with E-state index in [1.54, 1.807) is 6.92 Å². The van der Waals surface area contributed by atoms with Crippen LogP contribution in [0.2, 0.25) is 0 Å². The zero-order chi connectivity index (χ0) is 11.1. The molecule has 0 heterocycles. The summed E-state index contributed by atoms with van der Waals surface area (Å²) in [6.45, 7) is 1.95. The summed E-state index contributed by atoms with van der Waals surface area (Å²) in [5.74, 6) is -0.566. The summed E-state index contributed by atoms with van der Waals surface area (Å²) in [6.07, 6.45) is 0.288. The van der Waals surface area contributed by atoms with Gasteiger partial charge in [-0.25, -0.2) is 0 Å². The number of esters is 1. The number of carbonyl (C=O) groups is 1. The molecule has 0 radical (unpaired) electrons. The molecule has 0 saturated carbocycles. The molecule has 1 atom stereocenters. The van der Waals surface area contributed by atoms with E-state index in [9.17, 15) is 9.28 Å². The van der Waals surface area contributed by atoms with Crippen LogP contribution in [-0.2, 0) is 16.0 Å². The van der Waals surface area contributed by atoms with E-state index in [0.717, 1.165) is 5.56 Å². The van der Waals surface area contributed by atoms with Crippen LogP contribution in [0.5, 0.6) is 0 Å². The van der Waals surface area contributed by atoms with Gasteiger partial charge in [-0.05, 0) is 12.5 Å². The zero-order valence-electron chi connectivity index (χ0n) is 8.57. The van der Waals surface area contributed by atoms with Gasteiger partial charge in [0.25, 0.3) is 0 Å². The van der Waals surface area contributed by atoms with E-state index < -0.39 is 12.0 Å². The third kappa shape index (κ3) is 3.67. The quantitative estimate of drug-likeness (QED) is 0.594. The predicted molar refractivity (Wildman–Crippen MR) is 54.8 cm³/mol. The molecule has 0 amide bonds. The van der Waals surface area contributed by atoms with Gasteiger partial charge in [0.2, 0.25) is 0 Å². The van der Waals surface area contributed by atoms with Crippen molar-refractivity contribution in [2.75, 3.05) is 6.61 Å². The van der Waals surface area contributed by atoms with Crippen molar-refractivity contribution in [3.8, 4) is 0 Å². The summed E-state index contributed by atoms with van der Waals surface area (Å²) in [5.41, 5.74) is 2.35. The van der Waals surface area contributed by atoms with Crippen LogP contribution < -0.4 is 5.54 Å². The van der Waals surface area contributed by atoms with E-state index in [-0.39, 0.29) is 13.0 Å². The Bertz CT molecular complexity index is 303. The number of ether oxygens (including phenoxy) is 1. The Balaban J connectivity index is 2.58. The van der Waals surface area contributed by atoms with E-state index in [1.807, 2.05) is 30.3 Å². The smallest absolute Gasteiger partial charge is 0.326 e. The lowest BCUT2D eigenvalue weighted by Gasteiger charge is -2.12. The number of rotatable bonds is 5. The molecule has 0 fully saturated rings. The van der Waals surface area contributed by atoms with E-state index in [4.69, 9.17) is 4.74 Å². The molecule has 0 aliphatic carbocycles. The van der Waals surface area contributed by atoms with Gasteiger partial charge in [0.15, 0.2) is 0 Å². The maximum absolute atomic E-state index is 12.4. The van der Waals surface area contributed by atoms with Gasteiger partial charge < -0.3 is 4.74 Å². The van der Waals surface area contributed by atoms with Crippen molar-refractivity contribution in [2.24, 2.45) is 0 Å². The molecule has 0 spiro atoms. The zero-order valence-corrected chi connectivity index (χ0v) is 8.57. The normalized spacial score (nSPS) is 12.1. The van der Waals surface area contributed by atoms with E-state index in [2.05, 4.69) is 0 Å². The molecule has 4 heteroatoms. The highest BCUT2D eigenvalue weighted by Gasteiger charge is 2.19. The summed E-state index contributed by atoms with van der Waals surface area (Å²) in [5, 5.41) is 0. The Morgan fingerprint density at radius 1 is 1.47 bits per heavy atom. The summed E-state index contributed by atoms with van der Waals surface area (Å²) in [4.78, 5) is 11.3. The van der Waals surface area contributed by atoms with Crippen molar-refractivity contribution in [1.29, 1.82) is 0 Å². The molecule has 0 aliphatic heterocycles. The van der Waals surface area contributed by atoms with Crippen LogP contribution in [0.15, 0.2) is 30.3 Å². The summed E-state index contributed by atoms with van der Waals surface area (Å²) in [6, 6.07) is 8.30. The lowest BCUT2D eigenvalue weighted by Crippen LogP contribution is -2.35. The first-order valence-corrected chi connectivity index (χ1v) is 4.84. The molecule has 1 rings (SSSR count). The second-order valence-corrected chi connectivity index (χ2v) is 3.10. The van der Waals surface area contributed by atoms with Crippen molar-refractivity contribution < 1.29 is 14.0 Å². The number of nitrogens with one attached hydrogen (secondary N) is 1. The Kier molecular flexibility index (Phi) is 4.77. The van der Waals surface area contributed by atoms with Gasteiger partial charge in [0.05, 0.1) is 6.61 Å². The molecular formula is C11H14FNO2. The van der Waals surface area contributed by atoms with Crippen molar-refractivity contribution in [3.63, 3.8) is 0 Å². The topological polar surface area (TPSA) is 38.3 Å². The Morgan fingerprint density at radius 2 is 2.13 bits per heavy atom. The Labute approximate surface area is 88.2 Å². The minimum absolute atomic E-state index is 0.256. The number of hydrogen-bond acceptors (Lipinski definition) is 3. The van der Waals surface area contributed by atoms with Crippen LogP contribution in [0.4, 0.5) is 4.48 Å². The first kappa shape index (κ1) is 11.7. The summed E-state index contributed by atoms with van der Waals surface area (Å²) >= 11 is 0. The monoisotopic (exact) mass is 211 g/mol. The molecule has 3 nitrogen and oxygen atoms in total. The summed E-state index contributed by atoms with van der Waals surface area (Å²) in [7, 11) is 0. The Hall–Kier alpha value is -1.42. The van der Waals surface area contributed by atoms with Gasteiger partial charge in [-0.2, -0.15) is 0 Å². The van der Waals surface area contributed by atoms with E-state index in [1.165, 1.54) is 5.54 Å². The molecule has 0 aliphatic rings. The van der Waals surface area contributed by atoms with Crippen molar-refractivity contribution >= 4 is 5.97 Å². The van der Waals surface area contributed by atoms with Crippen LogP contribution in [-0.4, -0.2) is 18.6 Å². The third-order valence-electron chi connectivity index (χ3n) is 1.99. The SMILES string of the molecule is CCOC(=O)C(Cc1ccccc1)NF. The van der Waals surface area contributed by atoms with Gasteiger partial charge in [-0.15, -0.1) is 10.0 Å². The first-order valence-electron chi connectivity index (χ1n) is 4.84. The maximum atomic E-state index is 12.4. The predicted octanol–water partition coefficient (Wildman–Crippen LogP) is 1.63. The standard InChI is InChI=1S/C11H14FNO2/c1-2-15-11(14)10(13-12)8-9-6-4-3-5-7-9/h3-7,10,13H,2,8H2,1H3. The molecule has 82 valence electrons. The minimum Gasteiger partial charge on any atom is -0.465 e. The van der Waals surface area contributed by atoms with E-state index in [0.29, 0.717) is 0 Å². The highest BCUT2D eigenvalue weighted by molar-refractivity contribution is 5.76. The highest BCUT2D eigenvalue weighted by atomic mass is 19.2. The van der Waals surface area contributed by atoms with Gasteiger partial charge >= 0.3 is 5.97 Å². The molecule has 15 heavy (non-hydrogen) atoms. The molecule has 1 aromatic carbocycles. The average molecular weight is 211 g/mol. The highest BCUT2D eigenvalue weighted by Crippen LogP contribution is 2.04. The van der Waals surface area contributed by atoms with Crippen LogP contribution in [0.25, 0.3) is 0 Å². The van der Waals surface area contributed by atoms with Gasteiger partial charge in [-0.1, -0.05) is 30.3 Å². The minimum atomic E-state index is -0.924. The van der Waals surface area contributed by atoms with Crippen LogP contribution in [0.3, 0.4) is 0 Å². The number of halogens is 1. The van der Waals surface area contributed by atoms with Crippen molar-refractivity contribution in [2.45, 2.75) is 19.4 Å². The van der Waals surface area contributed by atoms with Gasteiger partial charge in [0.1, 0.15) is 6.04 Å². The third-order valence-corrected chi connectivity index (χ3v) is 1.99. The fourth-order valence-corrected chi connectivity index (χ4v) is 1.26. The average Bonchev–Trinajstić information content (AvgIpc) is 2.27. The fourth-order valence-electron chi connectivity index (χ4n) is 1.26. The second-order valence-electron chi connectivity index (χ2n) is 3.10. The first-order chi connectivity index (χ1) is 7.27. The largest absolute Gasteiger partial charge is 0.465 e. The van der Waals surface area contributed by atoms with E-state index >= 15 is 0 Å². The molecule has 1 N–H and O–H groups in total.